The molecular formula is C8H9N3O. The van der Waals surface area contributed by atoms with Gasteiger partial charge in [-0.05, 0) is 17.7 Å². The minimum absolute atomic E-state index is 0.00463. The van der Waals surface area contributed by atoms with Crippen LogP contribution in [0.2, 0.25) is 0 Å². The van der Waals surface area contributed by atoms with Crippen molar-refractivity contribution >= 4 is 23.0 Å². The summed E-state index contributed by atoms with van der Waals surface area (Å²) in [6, 6.07) is 3.43. The van der Waals surface area contributed by atoms with Crippen LogP contribution >= 0.6 is 0 Å². The zero-order chi connectivity index (χ0) is 8.72. The van der Waals surface area contributed by atoms with Crippen molar-refractivity contribution in [3.05, 3.63) is 17.7 Å². The molecule has 0 bridgehead atoms. The number of fused-ring (bicyclic) bond motifs is 1. The van der Waals surface area contributed by atoms with Crippen molar-refractivity contribution < 1.29 is 4.79 Å². The van der Waals surface area contributed by atoms with Gasteiger partial charge in [0.1, 0.15) is 0 Å². The van der Waals surface area contributed by atoms with Gasteiger partial charge in [-0.1, -0.05) is 0 Å². The number of nitrogen functional groups attached to an aromatic ring is 2. The Labute approximate surface area is 69.5 Å². The molecule has 0 atom stereocenters. The summed E-state index contributed by atoms with van der Waals surface area (Å²) in [5, 5.41) is 2.69. The van der Waals surface area contributed by atoms with Crippen LogP contribution in [0.5, 0.6) is 0 Å². The summed E-state index contributed by atoms with van der Waals surface area (Å²) < 4.78 is 0. The molecule has 62 valence electrons. The van der Waals surface area contributed by atoms with Crippen molar-refractivity contribution in [1.29, 1.82) is 0 Å². The summed E-state index contributed by atoms with van der Waals surface area (Å²) >= 11 is 0. The van der Waals surface area contributed by atoms with E-state index in [2.05, 4.69) is 5.32 Å². The Morgan fingerprint density at radius 3 is 2.67 bits per heavy atom. The van der Waals surface area contributed by atoms with Gasteiger partial charge in [-0.15, -0.1) is 0 Å². The number of hydrogen-bond donors (Lipinski definition) is 3. The number of carbonyl (C=O) groups excluding carboxylic acids is 1. The van der Waals surface area contributed by atoms with Crippen LogP contribution in [0.4, 0.5) is 17.1 Å². The molecule has 1 aliphatic rings. The van der Waals surface area contributed by atoms with Crippen molar-refractivity contribution in [2.75, 3.05) is 16.8 Å². The summed E-state index contributed by atoms with van der Waals surface area (Å²) in [6.07, 6.45) is 0.403. The van der Waals surface area contributed by atoms with Crippen LogP contribution in [0.25, 0.3) is 0 Å². The topological polar surface area (TPSA) is 81.1 Å². The summed E-state index contributed by atoms with van der Waals surface area (Å²) in [4.78, 5) is 10.9. The maximum atomic E-state index is 10.9. The van der Waals surface area contributed by atoms with E-state index in [1.165, 1.54) is 0 Å². The third-order valence-corrected chi connectivity index (χ3v) is 1.93. The van der Waals surface area contributed by atoms with Gasteiger partial charge >= 0.3 is 0 Å². The average molecular weight is 163 g/mol. The van der Waals surface area contributed by atoms with Crippen molar-refractivity contribution in [2.45, 2.75) is 6.42 Å². The lowest BCUT2D eigenvalue weighted by atomic mass is 10.1. The van der Waals surface area contributed by atoms with Gasteiger partial charge in [0.15, 0.2) is 0 Å². The highest BCUT2D eigenvalue weighted by atomic mass is 16.1. The first-order chi connectivity index (χ1) is 5.66. The second-order valence-electron chi connectivity index (χ2n) is 2.86. The second-order valence-corrected chi connectivity index (χ2v) is 2.86. The van der Waals surface area contributed by atoms with Gasteiger partial charge in [0, 0.05) is 5.69 Å². The SMILES string of the molecule is Nc1cc2c(cc1N)NC(=O)C2. The first-order valence-corrected chi connectivity index (χ1v) is 3.64. The smallest absolute Gasteiger partial charge is 0.228 e. The third kappa shape index (κ3) is 0.887. The van der Waals surface area contributed by atoms with Crippen LogP contribution in [0.1, 0.15) is 5.56 Å². The number of rotatable bonds is 0. The molecule has 1 heterocycles. The molecule has 1 aromatic carbocycles. The Morgan fingerprint density at radius 2 is 1.92 bits per heavy atom. The van der Waals surface area contributed by atoms with Crippen molar-refractivity contribution in [3.8, 4) is 0 Å². The third-order valence-electron chi connectivity index (χ3n) is 1.93. The highest BCUT2D eigenvalue weighted by molar-refractivity contribution is 6.00. The van der Waals surface area contributed by atoms with Crippen LogP contribution in [-0.4, -0.2) is 5.91 Å². The Balaban J connectivity index is 2.55. The largest absolute Gasteiger partial charge is 0.397 e. The fourth-order valence-electron chi connectivity index (χ4n) is 1.31. The molecule has 0 saturated heterocycles. The van der Waals surface area contributed by atoms with E-state index in [4.69, 9.17) is 11.5 Å². The van der Waals surface area contributed by atoms with Crippen LogP contribution in [0, 0.1) is 0 Å². The molecule has 0 aliphatic carbocycles. The molecule has 0 aromatic heterocycles. The van der Waals surface area contributed by atoms with Gasteiger partial charge in [0.25, 0.3) is 0 Å². The lowest BCUT2D eigenvalue weighted by Crippen LogP contribution is -2.03. The minimum Gasteiger partial charge on any atom is -0.397 e. The predicted octanol–water partition coefficient (Wildman–Crippen LogP) is 0.346. The summed E-state index contributed by atoms with van der Waals surface area (Å²) in [5.74, 6) is -0.00463. The number of hydrogen-bond acceptors (Lipinski definition) is 3. The van der Waals surface area contributed by atoms with E-state index >= 15 is 0 Å². The highest BCUT2D eigenvalue weighted by Gasteiger charge is 2.18. The van der Waals surface area contributed by atoms with Gasteiger partial charge < -0.3 is 16.8 Å². The molecule has 4 nitrogen and oxygen atoms in total. The van der Waals surface area contributed by atoms with E-state index < -0.39 is 0 Å². The predicted molar refractivity (Wildman–Crippen MR) is 47.6 cm³/mol. The number of carbonyl (C=O) groups is 1. The van der Waals surface area contributed by atoms with E-state index in [-0.39, 0.29) is 5.91 Å². The van der Waals surface area contributed by atoms with E-state index in [9.17, 15) is 4.79 Å². The Kier molecular flexibility index (Phi) is 1.24. The van der Waals surface area contributed by atoms with Crippen molar-refractivity contribution in [2.24, 2.45) is 0 Å². The molecule has 1 aliphatic heterocycles. The second kappa shape index (κ2) is 2.14. The molecule has 5 N–H and O–H groups in total. The van der Waals surface area contributed by atoms with Crippen molar-refractivity contribution in [1.82, 2.24) is 0 Å². The maximum absolute atomic E-state index is 10.9. The van der Waals surface area contributed by atoms with Gasteiger partial charge in [0.2, 0.25) is 5.91 Å². The van der Waals surface area contributed by atoms with E-state index in [1.807, 2.05) is 0 Å². The fraction of sp³-hybridized carbons (Fsp3) is 0.125. The Bertz CT molecular complexity index is 327. The van der Waals surface area contributed by atoms with Gasteiger partial charge in [-0.2, -0.15) is 0 Å². The molecule has 2 rings (SSSR count). The van der Waals surface area contributed by atoms with Gasteiger partial charge in [-0.25, -0.2) is 0 Å². The number of anilines is 3. The quantitative estimate of drug-likeness (QED) is 0.482. The van der Waals surface area contributed by atoms with E-state index in [0.29, 0.717) is 17.8 Å². The Morgan fingerprint density at radius 1 is 1.25 bits per heavy atom. The number of amides is 1. The zero-order valence-corrected chi connectivity index (χ0v) is 6.42. The number of nitrogens with two attached hydrogens (primary N) is 2. The van der Waals surface area contributed by atoms with E-state index in [0.717, 1.165) is 11.3 Å². The maximum Gasteiger partial charge on any atom is 0.228 e. The number of nitrogens with one attached hydrogen (secondary N) is 1. The molecule has 12 heavy (non-hydrogen) atoms. The molecule has 0 radical (unpaired) electrons. The van der Waals surface area contributed by atoms with Crippen LogP contribution in [0.3, 0.4) is 0 Å². The Hall–Kier alpha value is -1.71. The molecule has 1 amide bonds. The molecular weight excluding hydrogens is 154 g/mol. The van der Waals surface area contributed by atoms with Crippen LogP contribution in [0.15, 0.2) is 12.1 Å². The fourth-order valence-corrected chi connectivity index (χ4v) is 1.31. The van der Waals surface area contributed by atoms with Gasteiger partial charge in [-0.3, -0.25) is 4.79 Å². The molecule has 0 fully saturated rings. The normalized spacial score (nSPS) is 14.2. The van der Waals surface area contributed by atoms with Crippen LogP contribution < -0.4 is 16.8 Å². The monoisotopic (exact) mass is 163 g/mol. The first-order valence-electron chi connectivity index (χ1n) is 3.64. The summed E-state index contributed by atoms with van der Waals surface area (Å²) in [6.45, 7) is 0. The number of benzene rings is 1. The molecule has 0 spiro atoms. The zero-order valence-electron chi connectivity index (χ0n) is 6.42. The molecule has 0 unspecified atom stereocenters. The van der Waals surface area contributed by atoms with Crippen molar-refractivity contribution in [3.63, 3.8) is 0 Å². The standard InChI is InChI=1S/C8H9N3O/c9-5-1-4-2-8(12)11-7(4)3-6(5)10/h1,3H,2,9-10H2,(H,11,12). The minimum atomic E-state index is -0.00463. The lowest BCUT2D eigenvalue weighted by molar-refractivity contribution is -0.115. The molecule has 1 aromatic rings. The average Bonchev–Trinajstić information content (AvgIpc) is 2.30. The lowest BCUT2D eigenvalue weighted by Gasteiger charge is -2.02. The first kappa shape index (κ1) is 6.97. The summed E-state index contributed by atoms with van der Waals surface area (Å²) in [7, 11) is 0. The molecule has 4 heteroatoms. The highest BCUT2D eigenvalue weighted by Crippen LogP contribution is 2.29. The summed E-state index contributed by atoms with van der Waals surface area (Å²) in [5.41, 5.74) is 13.9. The van der Waals surface area contributed by atoms with Crippen LogP contribution in [-0.2, 0) is 11.2 Å². The van der Waals surface area contributed by atoms with Gasteiger partial charge in [0.05, 0.1) is 17.8 Å². The van der Waals surface area contributed by atoms with E-state index in [1.54, 1.807) is 12.1 Å². The molecule has 0 saturated carbocycles.